The van der Waals surface area contributed by atoms with Crippen LogP contribution < -0.4 is 4.90 Å². The van der Waals surface area contributed by atoms with Gasteiger partial charge < -0.3 is 9.64 Å². The number of hydrogen-bond donors (Lipinski definition) is 0. The molecule has 2 aromatic rings. The monoisotopic (exact) mass is 477 g/mol. The Bertz CT molecular complexity index is 1100. The van der Waals surface area contributed by atoms with Crippen molar-refractivity contribution in [1.82, 2.24) is 4.31 Å². The van der Waals surface area contributed by atoms with Crippen LogP contribution in [0.1, 0.15) is 30.6 Å². The number of nitriles is 1. The summed E-state index contributed by atoms with van der Waals surface area (Å²) < 4.78 is 31.9. The number of carbonyl (C=O) groups excluding carboxylic acids is 2. The lowest BCUT2D eigenvalue weighted by Crippen LogP contribution is -2.35. The van der Waals surface area contributed by atoms with Crippen molar-refractivity contribution in [3.8, 4) is 6.07 Å². The molecule has 0 aliphatic rings. The second kappa shape index (κ2) is 11.6. The van der Waals surface area contributed by atoms with E-state index < -0.39 is 28.5 Å². The Morgan fingerprint density at radius 2 is 1.75 bits per heavy atom. The highest BCUT2D eigenvalue weighted by molar-refractivity contribution is 7.89. The molecule has 8 nitrogen and oxygen atoms in total. The minimum absolute atomic E-state index is 0.00495. The average Bonchev–Trinajstić information content (AvgIpc) is 2.79. The van der Waals surface area contributed by atoms with Crippen LogP contribution in [0.15, 0.2) is 53.4 Å². The summed E-state index contributed by atoms with van der Waals surface area (Å²) in [6, 6.07) is 14.4. The van der Waals surface area contributed by atoms with E-state index in [1.54, 1.807) is 44.2 Å². The van der Waals surface area contributed by atoms with Crippen LogP contribution in [0.4, 0.5) is 5.69 Å². The first-order valence-electron chi connectivity index (χ1n) is 9.95. The molecule has 0 aromatic heterocycles. The van der Waals surface area contributed by atoms with Crippen LogP contribution in [0.3, 0.4) is 0 Å². The molecule has 32 heavy (non-hydrogen) atoms. The molecule has 0 bridgehead atoms. The van der Waals surface area contributed by atoms with E-state index >= 15 is 0 Å². The Kier molecular flexibility index (Phi) is 9.20. The Labute approximate surface area is 193 Å². The summed E-state index contributed by atoms with van der Waals surface area (Å²) in [6.45, 7) is 3.50. The first-order chi connectivity index (χ1) is 15.3. The number of nitrogens with zero attached hydrogens (tertiary/aromatic N) is 3. The Morgan fingerprint density at radius 1 is 1.09 bits per heavy atom. The topological polar surface area (TPSA) is 108 Å². The molecule has 0 aliphatic carbocycles. The van der Waals surface area contributed by atoms with Gasteiger partial charge in [-0.25, -0.2) is 13.2 Å². The number of esters is 1. The SMILES string of the molecule is CCN(CC)S(=O)(=O)c1ccc(Cl)c(C(=O)OCC(=O)N(CCC#N)c2ccccc2)c1. The Morgan fingerprint density at radius 3 is 2.34 bits per heavy atom. The van der Waals surface area contributed by atoms with Gasteiger partial charge in [-0.3, -0.25) is 4.79 Å². The first kappa shape index (κ1) is 25.3. The molecule has 0 spiro atoms. The molecule has 170 valence electrons. The smallest absolute Gasteiger partial charge is 0.340 e. The molecule has 0 unspecified atom stereocenters. The van der Waals surface area contributed by atoms with E-state index in [2.05, 4.69) is 0 Å². The van der Waals surface area contributed by atoms with Crippen molar-refractivity contribution in [2.75, 3.05) is 31.1 Å². The van der Waals surface area contributed by atoms with Crippen LogP contribution in [0.25, 0.3) is 0 Å². The number of carbonyl (C=O) groups is 2. The fraction of sp³-hybridized carbons (Fsp3) is 0.318. The van der Waals surface area contributed by atoms with E-state index in [4.69, 9.17) is 21.6 Å². The predicted molar refractivity (Wildman–Crippen MR) is 121 cm³/mol. The van der Waals surface area contributed by atoms with E-state index in [1.165, 1.54) is 21.3 Å². The van der Waals surface area contributed by atoms with Crippen molar-refractivity contribution < 1.29 is 22.7 Å². The molecule has 10 heteroatoms. The molecule has 0 saturated heterocycles. The minimum Gasteiger partial charge on any atom is -0.452 e. The standard InChI is InChI=1S/C22H24ClN3O5S/c1-3-25(4-2)32(29,30)18-11-12-20(23)19(15-18)22(28)31-16-21(27)26(14-8-13-24)17-9-6-5-7-10-17/h5-7,9-12,15H,3-4,8,14,16H2,1-2H3. The van der Waals surface area contributed by atoms with E-state index in [0.29, 0.717) is 5.69 Å². The summed E-state index contributed by atoms with van der Waals surface area (Å²) in [7, 11) is -3.80. The van der Waals surface area contributed by atoms with Gasteiger partial charge in [-0.1, -0.05) is 43.6 Å². The van der Waals surface area contributed by atoms with Crippen LogP contribution in [0.5, 0.6) is 0 Å². The number of amides is 1. The van der Waals surface area contributed by atoms with Crippen molar-refractivity contribution in [1.29, 1.82) is 5.26 Å². The van der Waals surface area contributed by atoms with Crippen molar-refractivity contribution in [2.45, 2.75) is 25.2 Å². The summed E-state index contributed by atoms with van der Waals surface area (Å²) in [5.41, 5.74) is 0.408. The van der Waals surface area contributed by atoms with Gasteiger partial charge in [0, 0.05) is 25.3 Å². The summed E-state index contributed by atoms with van der Waals surface area (Å²) in [5, 5.41) is 8.87. The number of benzene rings is 2. The number of sulfonamides is 1. The van der Waals surface area contributed by atoms with Gasteiger partial charge in [-0.15, -0.1) is 0 Å². The van der Waals surface area contributed by atoms with Gasteiger partial charge >= 0.3 is 5.97 Å². The highest BCUT2D eigenvalue weighted by Crippen LogP contribution is 2.24. The molecule has 2 aromatic carbocycles. The molecule has 0 heterocycles. The third kappa shape index (κ3) is 6.07. The number of halogens is 1. The third-order valence-electron chi connectivity index (χ3n) is 4.64. The normalized spacial score (nSPS) is 11.1. The number of hydrogen-bond acceptors (Lipinski definition) is 6. The highest BCUT2D eigenvalue weighted by atomic mass is 35.5. The fourth-order valence-corrected chi connectivity index (χ4v) is 4.66. The molecular weight excluding hydrogens is 454 g/mol. The van der Waals surface area contributed by atoms with E-state index in [9.17, 15) is 18.0 Å². The quantitative estimate of drug-likeness (QED) is 0.485. The minimum atomic E-state index is -3.80. The van der Waals surface area contributed by atoms with Crippen molar-refractivity contribution >= 4 is 39.2 Å². The molecule has 0 atom stereocenters. The number of anilines is 1. The maximum absolute atomic E-state index is 12.7. The van der Waals surface area contributed by atoms with E-state index in [-0.39, 0.29) is 41.5 Å². The summed E-state index contributed by atoms with van der Waals surface area (Å²) in [4.78, 5) is 26.5. The second-order valence-electron chi connectivity index (χ2n) is 6.60. The predicted octanol–water partition coefficient (Wildman–Crippen LogP) is 3.47. The highest BCUT2D eigenvalue weighted by Gasteiger charge is 2.25. The van der Waals surface area contributed by atoms with Crippen LogP contribution >= 0.6 is 11.6 Å². The lowest BCUT2D eigenvalue weighted by atomic mass is 10.2. The van der Waals surface area contributed by atoms with Crippen LogP contribution in [0.2, 0.25) is 5.02 Å². The van der Waals surface area contributed by atoms with Gasteiger partial charge in [0.2, 0.25) is 10.0 Å². The molecule has 0 fully saturated rings. The second-order valence-corrected chi connectivity index (χ2v) is 8.94. The van der Waals surface area contributed by atoms with Crippen LogP contribution in [0, 0.1) is 11.3 Å². The molecule has 0 N–H and O–H groups in total. The zero-order valence-corrected chi connectivity index (χ0v) is 19.4. The molecule has 0 aliphatic heterocycles. The lowest BCUT2D eigenvalue weighted by molar-refractivity contribution is -0.121. The largest absolute Gasteiger partial charge is 0.452 e. The molecule has 2 rings (SSSR count). The zero-order valence-electron chi connectivity index (χ0n) is 17.8. The third-order valence-corrected chi connectivity index (χ3v) is 7.02. The number of rotatable bonds is 10. The van der Waals surface area contributed by atoms with Gasteiger partial charge in [0.1, 0.15) is 0 Å². The molecule has 1 amide bonds. The lowest BCUT2D eigenvalue weighted by Gasteiger charge is -2.21. The van der Waals surface area contributed by atoms with E-state index in [0.717, 1.165) is 6.07 Å². The van der Waals surface area contributed by atoms with Crippen LogP contribution in [-0.4, -0.2) is 50.8 Å². The van der Waals surface area contributed by atoms with Gasteiger partial charge in [-0.05, 0) is 30.3 Å². The van der Waals surface area contributed by atoms with Gasteiger partial charge in [0.25, 0.3) is 5.91 Å². The average molecular weight is 478 g/mol. The van der Waals surface area contributed by atoms with Gasteiger partial charge in [0.15, 0.2) is 6.61 Å². The van der Waals surface area contributed by atoms with E-state index in [1.807, 2.05) is 6.07 Å². The van der Waals surface area contributed by atoms with Gasteiger partial charge in [0.05, 0.1) is 28.0 Å². The van der Waals surface area contributed by atoms with Crippen molar-refractivity contribution in [2.24, 2.45) is 0 Å². The molecule has 0 saturated carbocycles. The Hall–Kier alpha value is -2.93. The maximum Gasteiger partial charge on any atom is 0.340 e. The molecular formula is C22H24ClN3O5S. The van der Waals surface area contributed by atoms with Crippen LogP contribution in [-0.2, 0) is 19.6 Å². The summed E-state index contributed by atoms with van der Waals surface area (Å²) >= 11 is 6.09. The van der Waals surface area contributed by atoms with Gasteiger partial charge in [-0.2, -0.15) is 9.57 Å². The first-order valence-corrected chi connectivity index (χ1v) is 11.8. The fourth-order valence-electron chi connectivity index (χ4n) is 2.98. The summed E-state index contributed by atoms with van der Waals surface area (Å²) in [5.74, 6) is -1.45. The number of para-hydroxylation sites is 1. The molecule has 0 radical (unpaired) electrons. The zero-order chi connectivity index (χ0) is 23.7. The van der Waals surface area contributed by atoms with Crippen molar-refractivity contribution in [3.63, 3.8) is 0 Å². The number of ether oxygens (including phenoxy) is 1. The maximum atomic E-state index is 12.7. The summed E-state index contributed by atoms with van der Waals surface area (Å²) in [6.07, 6.45) is 0.103. The van der Waals surface area contributed by atoms with Crippen molar-refractivity contribution in [3.05, 3.63) is 59.1 Å². The Balaban J connectivity index is 2.20.